The second-order valence-corrected chi connectivity index (χ2v) is 4.35. The maximum atomic E-state index is 13.8. The fourth-order valence-electron chi connectivity index (χ4n) is 1.80. The van der Waals surface area contributed by atoms with Crippen molar-refractivity contribution in [2.45, 2.75) is 25.9 Å². The van der Waals surface area contributed by atoms with Gasteiger partial charge in [-0.2, -0.15) is 0 Å². The first-order valence-corrected chi connectivity index (χ1v) is 5.05. The fourth-order valence-corrected chi connectivity index (χ4v) is 1.80. The predicted molar refractivity (Wildman–Crippen MR) is 56.3 cm³/mol. The Morgan fingerprint density at radius 2 is 2.00 bits per heavy atom. The summed E-state index contributed by atoms with van der Waals surface area (Å²) in [6.45, 7) is 5.15. The summed E-state index contributed by atoms with van der Waals surface area (Å²) < 4.78 is 13.8. The Kier molecular flexibility index (Phi) is 2.31. The molecule has 1 aliphatic heterocycles. The van der Waals surface area contributed by atoms with Gasteiger partial charge in [0.25, 0.3) is 0 Å². The second-order valence-electron chi connectivity index (χ2n) is 4.35. The zero-order valence-corrected chi connectivity index (χ0v) is 8.73. The Morgan fingerprint density at radius 1 is 1.29 bits per heavy atom. The molecular formula is C12H16FN. The van der Waals surface area contributed by atoms with Gasteiger partial charge >= 0.3 is 0 Å². The highest BCUT2D eigenvalue weighted by atomic mass is 19.1. The molecule has 0 amide bonds. The first-order chi connectivity index (χ1) is 6.59. The number of halogens is 1. The van der Waals surface area contributed by atoms with E-state index in [1.807, 2.05) is 6.07 Å². The molecule has 1 heterocycles. The van der Waals surface area contributed by atoms with Crippen LogP contribution in [-0.2, 0) is 6.42 Å². The lowest BCUT2D eigenvalue weighted by Gasteiger charge is -2.35. The van der Waals surface area contributed by atoms with Gasteiger partial charge in [0, 0.05) is 19.5 Å². The van der Waals surface area contributed by atoms with Gasteiger partial charge in [0.2, 0.25) is 0 Å². The van der Waals surface area contributed by atoms with Crippen molar-refractivity contribution >= 4 is 0 Å². The summed E-state index contributed by atoms with van der Waals surface area (Å²) in [5.41, 5.74) is 2.63. The molecule has 0 aromatic heterocycles. The van der Waals surface area contributed by atoms with E-state index < -0.39 is 5.67 Å². The minimum atomic E-state index is -0.998. The van der Waals surface area contributed by atoms with E-state index >= 15 is 0 Å². The van der Waals surface area contributed by atoms with Gasteiger partial charge in [-0.1, -0.05) is 18.2 Å². The van der Waals surface area contributed by atoms with E-state index in [0.29, 0.717) is 19.5 Å². The monoisotopic (exact) mass is 193 g/mol. The molecule has 0 unspecified atom stereocenters. The van der Waals surface area contributed by atoms with Crippen LogP contribution in [-0.4, -0.2) is 18.8 Å². The lowest BCUT2D eigenvalue weighted by molar-refractivity contribution is 0.0912. The predicted octanol–water partition coefficient (Wildman–Crippen LogP) is 2.16. The van der Waals surface area contributed by atoms with Gasteiger partial charge in [-0.15, -0.1) is 0 Å². The van der Waals surface area contributed by atoms with Crippen LogP contribution in [0.1, 0.15) is 16.7 Å². The smallest absolute Gasteiger partial charge is 0.139 e. The van der Waals surface area contributed by atoms with Gasteiger partial charge in [0.05, 0.1) is 0 Å². The maximum absolute atomic E-state index is 13.8. The fraction of sp³-hybridized carbons (Fsp3) is 0.500. The van der Waals surface area contributed by atoms with E-state index in [9.17, 15) is 4.39 Å². The van der Waals surface area contributed by atoms with Crippen molar-refractivity contribution < 1.29 is 4.39 Å². The van der Waals surface area contributed by atoms with E-state index in [0.717, 1.165) is 5.56 Å². The van der Waals surface area contributed by atoms with Crippen molar-refractivity contribution in [3.8, 4) is 0 Å². The van der Waals surface area contributed by atoms with Gasteiger partial charge in [-0.3, -0.25) is 0 Å². The number of hydrogen-bond donors (Lipinski definition) is 1. The highest BCUT2D eigenvalue weighted by Crippen LogP contribution is 2.23. The quantitative estimate of drug-likeness (QED) is 0.759. The van der Waals surface area contributed by atoms with Crippen LogP contribution in [0.4, 0.5) is 4.39 Å². The van der Waals surface area contributed by atoms with E-state index in [2.05, 4.69) is 31.3 Å². The first-order valence-electron chi connectivity index (χ1n) is 5.05. The molecule has 0 bridgehead atoms. The molecule has 1 aromatic rings. The van der Waals surface area contributed by atoms with Crippen molar-refractivity contribution in [1.82, 2.24) is 5.32 Å². The van der Waals surface area contributed by atoms with Crippen LogP contribution < -0.4 is 5.32 Å². The van der Waals surface area contributed by atoms with Crippen LogP contribution in [0.15, 0.2) is 18.2 Å². The number of nitrogens with one attached hydrogen (secondary N) is 1. The molecule has 1 nitrogen and oxygen atoms in total. The van der Waals surface area contributed by atoms with E-state index in [4.69, 9.17) is 0 Å². The molecule has 0 saturated carbocycles. The lowest BCUT2D eigenvalue weighted by atomic mass is 9.90. The molecule has 1 N–H and O–H groups in total. The molecule has 2 rings (SSSR count). The standard InChI is InChI=1S/C12H16FN/c1-9-3-4-11(5-10(9)2)6-12(13)7-14-8-12/h3-5,14H,6-8H2,1-2H3. The largest absolute Gasteiger partial charge is 0.310 e. The molecule has 0 atom stereocenters. The summed E-state index contributed by atoms with van der Waals surface area (Å²) in [6.07, 6.45) is 0.543. The zero-order chi connectivity index (χ0) is 10.2. The maximum Gasteiger partial charge on any atom is 0.139 e. The van der Waals surface area contributed by atoms with Gasteiger partial charge in [0.1, 0.15) is 5.67 Å². The molecule has 14 heavy (non-hydrogen) atoms. The number of rotatable bonds is 2. The molecule has 1 saturated heterocycles. The molecule has 1 fully saturated rings. The van der Waals surface area contributed by atoms with Crippen LogP contribution in [0.2, 0.25) is 0 Å². The third kappa shape index (κ3) is 1.80. The summed E-state index contributed by atoms with van der Waals surface area (Å²) in [5.74, 6) is 0. The molecule has 1 aliphatic rings. The van der Waals surface area contributed by atoms with Crippen LogP contribution in [0, 0.1) is 13.8 Å². The zero-order valence-electron chi connectivity index (χ0n) is 8.73. The normalized spacial score (nSPS) is 19.1. The second kappa shape index (κ2) is 3.35. The van der Waals surface area contributed by atoms with Crippen LogP contribution in [0.5, 0.6) is 0 Å². The SMILES string of the molecule is Cc1ccc(CC2(F)CNC2)cc1C. The van der Waals surface area contributed by atoms with E-state index in [1.54, 1.807) is 0 Å². The minimum absolute atomic E-state index is 0.500. The molecular weight excluding hydrogens is 177 g/mol. The Hall–Kier alpha value is -0.890. The summed E-state index contributed by atoms with van der Waals surface area (Å²) in [4.78, 5) is 0. The van der Waals surface area contributed by atoms with Gasteiger partial charge in [0.15, 0.2) is 0 Å². The number of benzene rings is 1. The van der Waals surface area contributed by atoms with Crippen LogP contribution in [0.3, 0.4) is 0 Å². The Bertz CT molecular complexity index is 342. The number of aryl methyl sites for hydroxylation is 2. The number of alkyl halides is 1. The van der Waals surface area contributed by atoms with E-state index in [1.165, 1.54) is 11.1 Å². The third-order valence-corrected chi connectivity index (χ3v) is 2.98. The van der Waals surface area contributed by atoms with Crippen molar-refractivity contribution in [1.29, 1.82) is 0 Å². The van der Waals surface area contributed by atoms with Crippen LogP contribution >= 0.6 is 0 Å². The minimum Gasteiger partial charge on any atom is -0.310 e. The summed E-state index contributed by atoms with van der Waals surface area (Å²) in [5, 5.41) is 2.97. The molecule has 2 heteroatoms. The van der Waals surface area contributed by atoms with Gasteiger partial charge in [-0.05, 0) is 30.5 Å². The third-order valence-electron chi connectivity index (χ3n) is 2.98. The molecule has 0 radical (unpaired) electrons. The summed E-state index contributed by atoms with van der Waals surface area (Å²) in [7, 11) is 0. The average molecular weight is 193 g/mol. The van der Waals surface area contributed by atoms with Gasteiger partial charge < -0.3 is 5.32 Å². The average Bonchev–Trinajstić information content (AvgIpc) is 2.09. The van der Waals surface area contributed by atoms with E-state index in [-0.39, 0.29) is 0 Å². The van der Waals surface area contributed by atoms with Crippen molar-refractivity contribution in [3.63, 3.8) is 0 Å². The van der Waals surface area contributed by atoms with Gasteiger partial charge in [-0.25, -0.2) is 4.39 Å². The molecule has 1 aromatic carbocycles. The first kappa shape index (κ1) is 9.66. The Labute approximate surface area is 84.3 Å². The number of hydrogen-bond acceptors (Lipinski definition) is 1. The van der Waals surface area contributed by atoms with Crippen molar-refractivity contribution in [2.24, 2.45) is 0 Å². The molecule has 76 valence electrons. The van der Waals surface area contributed by atoms with Crippen molar-refractivity contribution in [2.75, 3.05) is 13.1 Å². The highest BCUT2D eigenvalue weighted by molar-refractivity contribution is 5.31. The Morgan fingerprint density at radius 3 is 2.50 bits per heavy atom. The summed E-state index contributed by atoms with van der Waals surface area (Å²) in [6, 6.07) is 6.19. The van der Waals surface area contributed by atoms with Crippen LogP contribution in [0.25, 0.3) is 0 Å². The van der Waals surface area contributed by atoms with Crippen molar-refractivity contribution in [3.05, 3.63) is 34.9 Å². The lowest BCUT2D eigenvalue weighted by Crippen LogP contribution is -2.57. The molecule has 0 aliphatic carbocycles. The Balaban J connectivity index is 2.13. The highest BCUT2D eigenvalue weighted by Gasteiger charge is 2.36. The molecule has 0 spiro atoms. The summed E-state index contributed by atoms with van der Waals surface area (Å²) >= 11 is 0. The topological polar surface area (TPSA) is 12.0 Å².